The van der Waals surface area contributed by atoms with Crippen LogP contribution in [0.3, 0.4) is 0 Å². The van der Waals surface area contributed by atoms with Crippen LogP contribution in [0.15, 0.2) is 11.6 Å². The smallest absolute Gasteiger partial charge is 0.0567 e. The second kappa shape index (κ2) is 4.57. The van der Waals surface area contributed by atoms with Crippen molar-refractivity contribution >= 4 is 9.24 Å². The van der Waals surface area contributed by atoms with Crippen LogP contribution >= 0.6 is 9.24 Å². The van der Waals surface area contributed by atoms with Crippen molar-refractivity contribution in [2.24, 2.45) is 34.3 Å². The minimum atomic E-state index is -0.244. The van der Waals surface area contributed by atoms with E-state index >= 15 is 0 Å². The number of fused-ring (bicyclic) bond motifs is 1. The first kappa shape index (κ1) is 15.5. The zero-order valence-electron chi connectivity index (χ0n) is 13.6. The fourth-order valence-corrected chi connectivity index (χ4v) is 5.36. The van der Waals surface area contributed by atoms with Gasteiger partial charge in [0, 0.05) is 0 Å². The van der Waals surface area contributed by atoms with Gasteiger partial charge in [-0.3, -0.25) is 0 Å². The van der Waals surface area contributed by atoms with E-state index in [1.807, 2.05) is 0 Å². The number of unbranched alkanes of at least 4 members (excludes halogenated alkanes) is 1. The fraction of sp³-hybridized carbons (Fsp3) is 0.882. The molecule has 0 saturated heterocycles. The Morgan fingerprint density at radius 3 is 2.42 bits per heavy atom. The molecule has 19 heavy (non-hydrogen) atoms. The van der Waals surface area contributed by atoms with Gasteiger partial charge in [-0.25, -0.2) is 0 Å². The molecule has 1 fully saturated rings. The van der Waals surface area contributed by atoms with Gasteiger partial charge in [-0.15, -0.1) is 9.24 Å². The van der Waals surface area contributed by atoms with Crippen molar-refractivity contribution in [3.8, 4) is 0 Å². The molecule has 2 aliphatic rings. The van der Waals surface area contributed by atoms with Crippen LogP contribution in [0.1, 0.15) is 60.8 Å². The van der Waals surface area contributed by atoms with E-state index in [4.69, 9.17) is 5.73 Å². The highest BCUT2D eigenvalue weighted by atomic mass is 31.0. The van der Waals surface area contributed by atoms with Crippen molar-refractivity contribution in [2.75, 3.05) is 0 Å². The second-order valence-corrected chi connectivity index (χ2v) is 8.68. The first-order valence-electron chi connectivity index (χ1n) is 7.90. The first-order valence-corrected chi connectivity index (χ1v) is 8.48. The van der Waals surface area contributed by atoms with E-state index in [-0.39, 0.29) is 10.7 Å². The van der Waals surface area contributed by atoms with Crippen LogP contribution in [0.2, 0.25) is 0 Å². The molecule has 6 unspecified atom stereocenters. The summed E-state index contributed by atoms with van der Waals surface area (Å²) < 4.78 is 0. The molecule has 2 rings (SSSR count). The summed E-state index contributed by atoms with van der Waals surface area (Å²) in [6.07, 6.45) is 6.48. The van der Waals surface area contributed by atoms with Gasteiger partial charge in [0.2, 0.25) is 0 Å². The lowest BCUT2D eigenvalue weighted by molar-refractivity contribution is 0.0993. The molecule has 2 N–H and O–H groups in total. The maximum Gasteiger partial charge on any atom is 0.0567 e. The molecule has 2 aliphatic carbocycles. The van der Waals surface area contributed by atoms with Gasteiger partial charge in [0.05, 0.1) is 5.28 Å². The highest BCUT2D eigenvalue weighted by molar-refractivity contribution is 7.19. The van der Waals surface area contributed by atoms with Gasteiger partial charge in [0.25, 0.3) is 0 Å². The standard InChI is InChI=1S/C17H32NP/c1-7-8-9-15(5)13-10-12(4)17(18,19)16(6,11(2)3)14(13)15/h10-11,13-14H,7-9,18-19H2,1-6H3. The van der Waals surface area contributed by atoms with Gasteiger partial charge in [-0.05, 0) is 41.9 Å². The van der Waals surface area contributed by atoms with E-state index in [0.717, 1.165) is 11.8 Å². The van der Waals surface area contributed by atoms with E-state index in [1.165, 1.54) is 24.8 Å². The monoisotopic (exact) mass is 281 g/mol. The number of allylic oxidation sites excluding steroid dienone is 1. The van der Waals surface area contributed by atoms with Crippen molar-refractivity contribution in [1.29, 1.82) is 0 Å². The maximum absolute atomic E-state index is 6.76. The van der Waals surface area contributed by atoms with Crippen LogP contribution in [0, 0.1) is 28.6 Å². The SMILES string of the molecule is CCCCC1(C)C2C=C(C)C(N)(P)C(C)(C(C)C)C21. The predicted molar refractivity (Wildman–Crippen MR) is 87.9 cm³/mol. The van der Waals surface area contributed by atoms with Crippen molar-refractivity contribution < 1.29 is 0 Å². The molecule has 1 nitrogen and oxygen atoms in total. The number of hydrogen-bond acceptors (Lipinski definition) is 1. The fourth-order valence-electron chi connectivity index (χ4n) is 4.75. The molecule has 0 heterocycles. The Bertz CT molecular complexity index is 398. The van der Waals surface area contributed by atoms with Crippen molar-refractivity contribution in [3.05, 3.63) is 11.6 Å². The van der Waals surface area contributed by atoms with E-state index in [0.29, 0.717) is 11.3 Å². The van der Waals surface area contributed by atoms with E-state index in [1.54, 1.807) is 0 Å². The number of hydrogen-bond donors (Lipinski definition) is 1. The zero-order chi connectivity index (χ0) is 14.6. The normalized spacial score (nSPS) is 49.0. The highest BCUT2D eigenvalue weighted by Gasteiger charge is 2.72. The zero-order valence-corrected chi connectivity index (χ0v) is 14.7. The molecule has 110 valence electrons. The summed E-state index contributed by atoms with van der Waals surface area (Å²) in [5.74, 6) is 2.11. The predicted octanol–water partition coefficient (Wildman–Crippen LogP) is 4.58. The third-order valence-corrected chi connectivity index (χ3v) is 7.69. The average molecular weight is 281 g/mol. The van der Waals surface area contributed by atoms with Gasteiger partial charge >= 0.3 is 0 Å². The molecular weight excluding hydrogens is 249 g/mol. The van der Waals surface area contributed by atoms with Gasteiger partial charge in [0.15, 0.2) is 0 Å². The van der Waals surface area contributed by atoms with Crippen LogP contribution in [0.25, 0.3) is 0 Å². The van der Waals surface area contributed by atoms with Crippen molar-refractivity contribution in [1.82, 2.24) is 0 Å². The van der Waals surface area contributed by atoms with E-state index < -0.39 is 0 Å². The second-order valence-electron chi connectivity index (χ2n) is 7.77. The topological polar surface area (TPSA) is 26.0 Å². The van der Waals surface area contributed by atoms with Crippen LogP contribution in [-0.2, 0) is 0 Å². The lowest BCUT2D eigenvalue weighted by Crippen LogP contribution is -2.56. The Hall–Kier alpha value is 0.130. The average Bonchev–Trinajstić information content (AvgIpc) is 2.90. The van der Waals surface area contributed by atoms with Gasteiger partial charge < -0.3 is 5.73 Å². The Balaban J connectivity index is 2.40. The molecule has 0 radical (unpaired) electrons. The Morgan fingerprint density at radius 1 is 1.37 bits per heavy atom. The lowest BCUT2D eigenvalue weighted by Gasteiger charge is -2.51. The molecule has 0 aromatic heterocycles. The van der Waals surface area contributed by atoms with Crippen LogP contribution < -0.4 is 5.73 Å². The molecule has 6 atom stereocenters. The quantitative estimate of drug-likeness (QED) is 0.592. The Morgan fingerprint density at radius 2 is 1.95 bits per heavy atom. The summed E-state index contributed by atoms with van der Waals surface area (Å²) in [6, 6.07) is 0. The van der Waals surface area contributed by atoms with Crippen LogP contribution in [-0.4, -0.2) is 5.28 Å². The third kappa shape index (κ3) is 1.88. The molecule has 0 aromatic rings. The van der Waals surface area contributed by atoms with Gasteiger partial charge in [-0.1, -0.05) is 59.1 Å². The Labute approximate surface area is 122 Å². The maximum atomic E-state index is 6.76. The summed E-state index contributed by atoms with van der Waals surface area (Å²) >= 11 is 0. The summed E-state index contributed by atoms with van der Waals surface area (Å²) in [4.78, 5) is 0. The molecule has 0 amide bonds. The molecule has 0 spiro atoms. The first-order chi connectivity index (χ1) is 8.64. The van der Waals surface area contributed by atoms with Crippen LogP contribution in [0.4, 0.5) is 0 Å². The van der Waals surface area contributed by atoms with Crippen LogP contribution in [0.5, 0.6) is 0 Å². The minimum Gasteiger partial charge on any atom is -0.318 e. The van der Waals surface area contributed by atoms with E-state index in [2.05, 4.69) is 56.9 Å². The van der Waals surface area contributed by atoms with Crippen molar-refractivity contribution in [3.63, 3.8) is 0 Å². The minimum absolute atomic E-state index is 0.184. The summed E-state index contributed by atoms with van der Waals surface area (Å²) in [6.45, 7) is 14.1. The summed E-state index contributed by atoms with van der Waals surface area (Å²) in [5.41, 5.74) is 8.80. The Kier molecular flexibility index (Phi) is 3.73. The van der Waals surface area contributed by atoms with Gasteiger partial charge in [-0.2, -0.15) is 0 Å². The summed E-state index contributed by atoms with van der Waals surface area (Å²) in [7, 11) is 2.98. The molecule has 0 bridgehead atoms. The molecule has 0 aromatic carbocycles. The molecular formula is C17H32NP. The van der Waals surface area contributed by atoms with Gasteiger partial charge in [0.1, 0.15) is 0 Å². The third-order valence-electron chi connectivity index (χ3n) is 6.61. The lowest BCUT2D eigenvalue weighted by atomic mass is 9.63. The molecule has 2 heteroatoms. The number of rotatable bonds is 4. The molecule has 0 aliphatic heterocycles. The molecule has 1 saturated carbocycles. The van der Waals surface area contributed by atoms with E-state index in [9.17, 15) is 0 Å². The summed E-state index contributed by atoms with van der Waals surface area (Å²) in [5, 5.41) is -0.244. The highest BCUT2D eigenvalue weighted by Crippen LogP contribution is 2.76. The largest absolute Gasteiger partial charge is 0.318 e. The number of nitrogens with two attached hydrogens (primary N) is 1. The van der Waals surface area contributed by atoms with Crippen molar-refractivity contribution in [2.45, 2.75) is 66.1 Å².